The van der Waals surface area contributed by atoms with Crippen molar-refractivity contribution in [2.24, 2.45) is 5.92 Å². The van der Waals surface area contributed by atoms with E-state index in [-0.39, 0.29) is 6.04 Å². The molecule has 1 fully saturated rings. The molecule has 20 heavy (non-hydrogen) atoms. The Kier molecular flexibility index (Phi) is 5.11. The molecule has 2 unspecified atom stereocenters. The molecule has 1 aliphatic heterocycles. The topological polar surface area (TPSA) is 60.4 Å². The molecule has 1 aliphatic rings. The highest BCUT2D eigenvalue weighted by molar-refractivity contribution is 5.09. The molecule has 0 aromatic carbocycles. The molecule has 2 atom stereocenters. The number of rotatable bonds is 5. The first-order valence-electron chi connectivity index (χ1n) is 7.35. The Bertz CT molecular complexity index is 417. The summed E-state index contributed by atoms with van der Waals surface area (Å²) in [5.74, 6) is 1.43. The number of aromatic nitrogens is 3. The van der Waals surface area contributed by atoms with Gasteiger partial charge in [-0.25, -0.2) is 0 Å². The molecular weight excluding hydrogens is 256 g/mol. The highest BCUT2D eigenvalue weighted by atomic mass is 16.5. The average molecular weight is 280 g/mol. The van der Waals surface area contributed by atoms with Crippen LogP contribution in [0.2, 0.25) is 0 Å². The molecule has 0 saturated carbocycles. The van der Waals surface area contributed by atoms with Crippen LogP contribution in [0.5, 0.6) is 12.0 Å². The van der Waals surface area contributed by atoms with Gasteiger partial charge in [0.25, 0.3) is 0 Å². The molecule has 112 valence electrons. The Hall–Kier alpha value is -1.43. The molecule has 0 radical (unpaired) electrons. The Morgan fingerprint density at radius 1 is 1.10 bits per heavy atom. The lowest BCUT2D eigenvalue weighted by Crippen LogP contribution is -2.34. The van der Waals surface area contributed by atoms with Crippen LogP contribution in [-0.4, -0.2) is 46.7 Å². The second kappa shape index (κ2) is 6.83. The van der Waals surface area contributed by atoms with Gasteiger partial charge in [-0.1, -0.05) is 6.92 Å². The van der Waals surface area contributed by atoms with E-state index in [2.05, 4.69) is 33.8 Å². The van der Waals surface area contributed by atoms with Gasteiger partial charge in [0.15, 0.2) is 5.82 Å². The van der Waals surface area contributed by atoms with Crippen LogP contribution in [0.15, 0.2) is 0 Å². The van der Waals surface area contributed by atoms with Crippen LogP contribution >= 0.6 is 0 Å². The lowest BCUT2D eigenvalue weighted by molar-refractivity contribution is 0.140. The SMILES string of the molecule is CCOc1nc(OCC)nc(C2CC(C)CCN2C)n1. The minimum atomic E-state index is 0.208. The van der Waals surface area contributed by atoms with E-state index in [9.17, 15) is 0 Å². The number of ether oxygens (including phenoxy) is 2. The quantitative estimate of drug-likeness (QED) is 0.823. The molecule has 6 nitrogen and oxygen atoms in total. The maximum Gasteiger partial charge on any atom is 0.322 e. The van der Waals surface area contributed by atoms with Crippen molar-refractivity contribution in [1.82, 2.24) is 19.9 Å². The first-order chi connectivity index (χ1) is 9.63. The van der Waals surface area contributed by atoms with Crippen LogP contribution in [0.25, 0.3) is 0 Å². The summed E-state index contributed by atoms with van der Waals surface area (Å²) in [6, 6.07) is 0.917. The summed E-state index contributed by atoms with van der Waals surface area (Å²) in [5.41, 5.74) is 0. The van der Waals surface area contributed by atoms with Crippen molar-refractivity contribution in [2.45, 2.75) is 39.7 Å². The fourth-order valence-corrected chi connectivity index (χ4v) is 2.45. The van der Waals surface area contributed by atoms with Crippen LogP contribution in [-0.2, 0) is 0 Å². The summed E-state index contributed by atoms with van der Waals surface area (Å²) in [5, 5.41) is 0. The number of hydrogen-bond donors (Lipinski definition) is 0. The summed E-state index contributed by atoms with van der Waals surface area (Å²) in [4.78, 5) is 15.4. The molecule has 0 aliphatic carbocycles. The average Bonchev–Trinajstić information content (AvgIpc) is 2.42. The maximum atomic E-state index is 5.43. The second-order valence-electron chi connectivity index (χ2n) is 5.25. The van der Waals surface area contributed by atoms with E-state index in [4.69, 9.17) is 9.47 Å². The van der Waals surface area contributed by atoms with Gasteiger partial charge in [-0.2, -0.15) is 9.97 Å². The van der Waals surface area contributed by atoms with Crippen LogP contribution in [0.4, 0.5) is 0 Å². The monoisotopic (exact) mass is 280 g/mol. The molecule has 1 aromatic heterocycles. The molecule has 0 N–H and O–H groups in total. The van der Waals surface area contributed by atoms with E-state index in [1.807, 2.05) is 13.8 Å². The predicted molar refractivity (Wildman–Crippen MR) is 75.9 cm³/mol. The predicted octanol–water partition coefficient (Wildman–Crippen LogP) is 2.07. The fraction of sp³-hybridized carbons (Fsp3) is 0.786. The van der Waals surface area contributed by atoms with Crippen molar-refractivity contribution in [2.75, 3.05) is 26.8 Å². The van der Waals surface area contributed by atoms with Gasteiger partial charge >= 0.3 is 12.0 Å². The molecule has 6 heteroatoms. The van der Waals surface area contributed by atoms with Crippen molar-refractivity contribution in [3.63, 3.8) is 0 Å². The Morgan fingerprint density at radius 2 is 1.70 bits per heavy atom. The zero-order valence-electron chi connectivity index (χ0n) is 12.8. The summed E-state index contributed by atoms with van der Waals surface area (Å²) < 4.78 is 10.9. The van der Waals surface area contributed by atoms with Gasteiger partial charge in [0.1, 0.15) is 0 Å². The smallest absolute Gasteiger partial charge is 0.322 e. The summed E-state index contributed by atoms with van der Waals surface area (Å²) >= 11 is 0. The maximum absolute atomic E-state index is 5.43. The van der Waals surface area contributed by atoms with Gasteiger partial charge in [0, 0.05) is 0 Å². The fourth-order valence-electron chi connectivity index (χ4n) is 2.45. The third-order valence-corrected chi connectivity index (χ3v) is 3.59. The third-order valence-electron chi connectivity index (χ3n) is 3.59. The third kappa shape index (κ3) is 3.56. The first-order valence-corrected chi connectivity index (χ1v) is 7.35. The number of piperidine rings is 1. The van der Waals surface area contributed by atoms with E-state index in [0.717, 1.165) is 18.8 Å². The van der Waals surface area contributed by atoms with Crippen LogP contribution < -0.4 is 9.47 Å². The second-order valence-corrected chi connectivity index (χ2v) is 5.25. The summed E-state index contributed by atoms with van der Waals surface area (Å²) in [7, 11) is 2.11. The molecule has 0 amide bonds. The largest absolute Gasteiger partial charge is 0.464 e. The minimum absolute atomic E-state index is 0.208. The zero-order chi connectivity index (χ0) is 14.5. The standard InChI is InChI=1S/C14H24N4O2/c1-5-19-13-15-12(16-14(17-13)20-6-2)11-9-10(3)7-8-18(11)4/h10-11H,5-9H2,1-4H3. The molecule has 0 bridgehead atoms. The van der Waals surface area contributed by atoms with E-state index in [1.54, 1.807) is 0 Å². The van der Waals surface area contributed by atoms with Crippen molar-refractivity contribution >= 4 is 0 Å². The molecule has 1 aromatic rings. The Morgan fingerprint density at radius 3 is 2.25 bits per heavy atom. The molecule has 0 spiro atoms. The molecule has 2 rings (SSSR count). The van der Waals surface area contributed by atoms with E-state index in [0.29, 0.717) is 31.2 Å². The van der Waals surface area contributed by atoms with Gasteiger partial charge < -0.3 is 9.47 Å². The van der Waals surface area contributed by atoms with Crippen molar-refractivity contribution in [1.29, 1.82) is 0 Å². The van der Waals surface area contributed by atoms with Crippen LogP contribution in [0.3, 0.4) is 0 Å². The Labute approximate surface area is 120 Å². The van der Waals surface area contributed by atoms with Gasteiger partial charge in [-0.15, -0.1) is 4.98 Å². The number of nitrogens with zero attached hydrogens (tertiary/aromatic N) is 4. The first kappa shape index (κ1) is 15.0. The van der Waals surface area contributed by atoms with Gasteiger partial charge in [0.2, 0.25) is 0 Å². The van der Waals surface area contributed by atoms with Gasteiger partial charge in [-0.3, -0.25) is 4.90 Å². The van der Waals surface area contributed by atoms with E-state index >= 15 is 0 Å². The van der Waals surface area contributed by atoms with Crippen LogP contribution in [0.1, 0.15) is 45.5 Å². The van der Waals surface area contributed by atoms with Crippen molar-refractivity contribution < 1.29 is 9.47 Å². The normalized spacial score (nSPS) is 23.6. The zero-order valence-corrected chi connectivity index (χ0v) is 12.8. The van der Waals surface area contributed by atoms with Gasteiger partial charge in [0.05, 0.1) is 19.3 Å². The lowest BCUT2D eigenvalue weighted by atomic mass is 9.92. The minimum Gasteiger partial charge on any atom is -0.464 e. The number of likely N-dealkylation sites (tertiary alicyclic amines) is 1. The van der Waals surface area contributed by atoms with E-state index < -0.39 is 0 Å². The van der Waals surface area contributed by atoms with E-state index in [1.165, 1.54) is 6.42 Å². The molecule has 2 heterocycles. The van der Waals surface area contributed by atoms with Gasteiger partial charge in [-0.05, 0) is 46.2 Å². The Balaban J connectivity index is 2.28. The van der Waals surface area contributed by atoms with Crippen molar-refractivity contribution in [3.05, 3.63) is 5.82 Å². The highest BCUT2D eigenvalue weighted by Gasteiger charge is 2.28. The molecular formula is C14H24N4O2. The summed E-state index contributed by atoms with van der Waals surface area (Å²) in [6.45, 7) is 8.23. The lowest BCUT2D eigenvalue weighted by Gasteiger charge is -2.34. The highest BCUT2D eigenvalue weighted by Crippen LogP contribution is 2.32. The number of hydrogen-bond acceptors (Lipinski definition) is 6. The van der Waals surface area contributed by atoms with Crippen molar-refractivity contribution in [3.8, 4) is 12.0 Å². The van der Waals surface area contributed by atoms with Crippen LogP contribution in [0, 0.1) is 5.92 Å². The molecule has 1 saturated heterocycles. The summed E-state index contributed by atoms with van der Waals surface area (Å²) in [6.07, 6.45) is 2.27.